The Morgan fingerprint density at radius 2 is 2.36 bits per heavy atom. The molecule has 82 valence electrons. The minimum absolute atomic E-state index is 0.538. The van der Waals surface area contributed by atoms with Crippen molar-refractivity contribution in [2.75, 3.05) is 26.2 Å². The van der Waals surface area contributed by atoms with Gasteiger partial charge in [0.2, 0.25) is 0 Å². The van der Waals surface area contributed by atoms with Crippen molar-refractivity contribution < 1.29 is 0 Å². The van der Waals surface area contributed by atoms with E-state index in [-0.39, 0.29) is 0 Å². The standard InChI is InChI=1S/C10H21N3S/c1-8(2)13(4-3-11)7-9-5-10(14)6-12-9/h8-9,12H,3-7,11H2,1-2H3. The third kappa shape index (κ3) is 3.61. The normalized spacial score (nSPS) is 22.6. The van der Waals surface area contributed by atoms with E-state index in [1.807, 2.05) is 0 Å². The molecule has 0 bridgehead atoms. The summed E-state index contributed by atoms with van der Waals surface area (Å²) in [4.78, 5) is 3.57. The molecule has 1 atom stereocenters. The van der Waals surface area contributed by atoms with Crippen LogP contribution in [-0.2, 0) is 0 Å². The van der Waals surface area contributed by atoms with Crippen molar-refractivity contribution in [1.82, 2.24) is 10.2 Å². The summed E-state index contributed by atoms with van der Waals surface area (Å²) in [5, 5.41) is 3.43. The van der Waals surface area contributed by atoms with Crippen molar-refractivity contribution in [3.8, 4) is 0 Å². The van der Waals surface area contributed by atoms with Crippen molar-refractivity contribution in [1.29, 1.82) is 0 Å². The molecular formula is C10H21N3S. The molecule has 0 aliphatic carbocycles. The monoisotopic (exact) mass is 215 g/mol. The van der Waals surface area contributed by atoms with Gasteiger partial charge in [-0.1, -0.05) is 12.2 Å². The predicted molar refractivity (Wildman–Crippen MR) is 64.8 cm³/mol. The fraction of sp³-hybridized carbons (Fsp3) is 0.900. The van der Waals surface area contributed by atoms with Gasteiger partial charge >= 0.3 is 0 Å². The molecule has 1 saturated heterocycles. The topological polar surface area (TPSA) is 41.3 Å². The molecule has 14 heavy (non-hydrogen) atoms. The third-order valence-electron chi connectivity index (χ3n) is 2.66. The molecule has 3 nitrogen and oxygen atoms in total. The second kappa shape index (κ2) is 5.75. The van der Waals surface area contributed by atoms with Gasteiger partial charge in [-0.25, -0.2) is 0 Å². The van der Waals surface area contributed by atoms with E-state index in [9.17, 15) is 0 Å². The molecule has 3 N–H and O–H groups in total. The van der Waals surface area contributed by atoms with E-state index in [2.05, 4.69) is 24.1 Å². The molecule has 0 saturated carbocycles. The number of rotatable bonds is 5. The van der Waals surface area contributed by atoms with Crippen LogP contribution in [0.15, 0.2) is 0 Å². The Labute approximate surface area is 92.0 Å². The smallest absolute Gasteiger partial charge is 0.0273 e. The van der Waals surface area contributed by atoms with Crippen LogP contribution in [0, 0.1) is 0 Å². The summed E-state index contributed by atoms with van der Waals surface area (Å²) in [6.07, 6.45) is 1.04. The first kappa shape index (κ1) is 12.0. The maximum atomic E-state index is 5.58. The summed E-state index contributed by atoms with van der Waals surface area (Å²) in [5.41, 5.74) is 5.58. The van der Waals surface area contributed by atoms with E-state index in [0.717, 1.165) is 37.5 Å². The fourth-order valence-corrected chi connectivity index (χ4v) is 2.10. The molecule has 1 aliphatic rings. The Kier molecular flexibility index (Phi) is 4.95. The quantitative estimate of drug-likeness (QED) is 0.651. The molecule has 0 aromatic rings. The zero-order valence-electron chi connectivity index (χ0n) is 9.12. The molecule has 1 rings (SSSR count). The van der Waals surface area contributed by atoms with Crippen LogP contribution in [0.25, 0.3) is 0 Å². The van der Waals surface area contributed by atoms with Gasteiger partial charge in [-0.15, -0.1) is 0 Å². The Morgan fingerprint density at radius 1 is 1.64 bits per heavy atom. The molecular weight excluding hydrogens is 194 g/mol. The van der Waals surface area contributed by atoms with E-state index in [1.165, 1.54) is 0 Å². The van der Waals surface area contributed by atoms with Crippen molar-refractivity contribution >= 4 is 17.1 Å². The van der Waals surface area contributed by atoms with E-state index in [4.69, 9.17) is 18.0 Å². The van der Waals surface area contributed by atoms with Gasteiger partial charge in [0.05, 0.1) is 0 Å². The maximum absolute atomic E-state index is 5.58. The number of nitrogens with one attached hydrogen (secondary N) is 1. The minimum atomic E-state index is 0.538. The Balaban J connectivity index is 2.35. The van der Waals surface area contributed by atoms with Gasteiger partial charge in [0, 0.05) is 43.1 Å². The van der Waals surface area contributed by atoms with Crippen LogP contribution < -0.4 is 11.1 Å². The molecule has 1 aliphatic heterocycles. The molecule has 0 amide bonds. The number of hydrogen-bond acceptors (Lipinski definition) is 4. The molecule has 1 unspecified atom stereocenters. The van der Waals surface area contributed by atoms with Crippen LogP contribution in [0.2, 0.25) is 0 Å². The molecule has 0 aromatic heterocycles. The molecule has 0 radical (unpaired) electrons. The highest BCUT2D eigenvalue weighted by Crippen LogP contribution is 2.07. The van der Waals surface area contributed by atoms with Crippen LogP contribution in [0.4, 0.5) is 0 Å². The summed E-state index contributed by atoms with van der Waals surface area (Å²) in [6, 6.07) is 1.10. The van der Waals surface area contributed by atoms with E-state index in [0.29, 0.717) is 12.1 Å². The van der Waals surface area contributed by atoms with Gasteiger partial charge in [0.15, 0.2) is 0 Å². The number of nitrogens with zero attached hydrogens (tertiary/aromatic N) is 1. The average molecular weight is 215 g/mol. The number of hydrogen-bond donors (Lipinski definition) is 2. The van der Waals surface area contributed by atoms with Gasteiger partial charge < -0.3 is 11.1 Å². The van der Waals surface area contributed by atoms with Gasteiger partial charge in [-0.2, -0.15) is 0 Å². The van der Waals surface area contributed by atoms with Crippen LogP contribution in [0.3, 0.4) is 0 Å². The van der Waals surface area contributed by atoms with Crippen LogP contribution in [0.1, 0.15) is 20.3 Å². The summed E-state index contributed by atoms with van der Waals surface area (Å²) >= 11 is 5.17. The SMILES string of the molecule is CC(C)N(CCN)CC1CC(=S)CN1. The predicted octanol–water partition coefficient (Wildman–Crippen LogP) is 0.387. The number of thiocarbonyl (C=S) groups is 1. The second-order valence-corrected chi connectivity index (χ2v) is 4.78. The van der Waals surface area contributed by atoms with E-state index in [1.54, 1.807) is 0 Å². The van der Waals surface area contributed by atoms with Crippen molar-refractivity contribution in [2.24, 2.45) is 5.73 Å². The number of nitrogens with two attached hydrogens (primary N) is 1. The highest BCUT2D eigenvalue weighted by molar-refractivity contribution is 7.80. The van der Waals surface area contributed by atoms with Crippen molar-refractivity contribution in [3.63, 3.8) is 0 Å². The Hall–Kier alpha value is -0.0300. The largest absolute Gasteiger partial charge is 0.329 e. The zero-order valence-corrected chi connectivity index (χ0v) is 9.94. The highest BCUT2D eigenvalue weighted by Gasteiger charge is 2.21. The lowest BCUT2D eigenvalue weighted by atomic mass is 10.2. The molecule has 0 spiro atoms. The van der Waals surface area contributed by atoms with Crippen LogP contribution in [-0.4, -0.2) is 48.0 Å². The van der Waals surface area contributed by atoms with Gasteiger partial charge in [-0.3, -0.25) is 4.90 Å². The summed E-state index contributed by atoms with van der Waals surface area (Å²) in [6.45, 7) is 8.10. The van der Waals surface area contributed by atoms with Gasteiger partial charge in [0.25, 0.3) is 0 Å². The van der Waals surface area contributed by atoms with Crippen molar-refractivity contribution in [2.45, 2.75) is 32.4 Å². The third-order valence-corrected chi connectivity index (χ3v) is 2.97. The van der Waals surface area contributed by atoms with Crippen molar-refractivity contribution in [3.05, 3.63) is 0 Å². The lowest BCUT2D eigenvalue weighted by Gasteiger charge is -2.28. The molecule has 1 fully saturated rings. The Bertz CT molecular complexity index is 194. The highest BCUT2D eigenvalue weighted by atomic mass is 32.1. The first-order valence-electron chi connectivity index (χ1n) is 5.32. The summed E-state index contributed by atoms with van der Waals surface area (Å²) in [7, 11) is 0. The van der Waals surface area contributed by atoms with Gasteiger partial charge in [0.1, 0.15) is 0 Å². The summed E-state index contributed by atoms with van der Waals surface area (Å²) in [5.74, 6) is 0. The van der Waals surface area contributed by atoms with Crippen LogP contribution in [0.5, 0.6) is 0 Å². The van der Waals surface area contributed by atoms with Gasteiger partial charge in [-0.05, 0) is 20.3 Å². The van der Waals surface area contributed by atoms with E-state index >= 15 is 0 Å². The minimum Gasteiger partial charge on any atom is -0.329 e. The lowest BCUT2D eigenvalue weighted by Crippen LogP contribution is -2.43. The summed E-state index contributed by atoms with van der Waals surface area (Å²) < 4.78 is 0. The fourth-order valence-electron chi connectivity index (χ4n) is 1.82. The van der Waals surface area contributed by atoms with E-state index < -0.39 is 0 Å². The zero-order chi connectivity index (χ0) is 10.6. The molecule has 4 heteroatoms. The maximum Gasteiger partial charge on any atom is 0.0273 e. The first-order chi connectivity index (χ1) is 6.63. The first-order valence-corrected chi connectivity index (χ1v) is 5.73. The lowest BCUT2D eigenvalue weighted by molar-refractivity contribution is 0.209. The average Bonchev–Trinajstić information content (AvgIpc) is 2.50. The van der Waals surface area contributed by atoms with Crippen LogP contribution >= 0.6 is 12.2 Å². The molecule has 0 aromatic carbocycles. The second-order valence-electron chi connectivity index (χ2n) is 4.20. The molecule has 1 heterocycles. The Morgan fingerprint density at radius 3 is 2.79 bits per heavy atom.